The number of carbonyl (C=O) groups is 2. The maximum atomic E-state index is 12.5. The number of rotatable bonds is 6. The number of hydrogen-bond acceptors (Lipinski definition) is 6. The van der Waals surface area contributed by atoms with E-state index in [1.165, 1.54) is 40.9 Å². The van der Waals surface area contributed by atoms with E-state index in [0.717, 1.165) is 0 Å². The van der Waals surface area contributed by atoms with Gasteiger partial charge in [-0.1, -0.05) is 0 Å². The van der Waals surface area contributed by atoms with Gasteiger partial charge in [-0.3, -0.25) is 14.6 Å². The lowest BCUT2D eigenvalue weighted by Crippen LogP contribution is -2.36. The molecule has 1 saturated heterocycles. The molecule has 1 aliphatic rings. The molecule has 1 aliphatic heterocycles. The summed E-state index contributed by atoms with van der Waals surface area (Å²) in [7, 11) is 0. The van der Waals surface area contributed by atoms with Gasteiger partial charge in [0.05, 0.1) is 35.1 Å². The third-order valence-corrected chi connectivity index (χ3v) is 5.17. The van der Waals surface area contributed by atoms with Crippen LogP contribution in [0.1, 0.15) is 16.1 Å². The molecule has 1 aromatic carbocycles. The predicted molar refractivity (Wildman–Crippen MR) is 99.0 cm³/mol. The van der Waals surface area contributed by atoms with Crippen LogP contribution in [-0.2, 0) is 11.2 Å². The van der Waals surface area contributed by atoms with Crippen LogP contribution in [0.3, 0.4) is 0 Å². The average Bonchev–Trinajstić information content (AvgIpc) is 3.14. The Bertz CT molecular complexity index is 964. The number of aromatic nitrogens is 1. The molecule has 146 valence electrons. The predicted octanol–water partition coefficient (Wildman–Crippen LogP) is 1.95. The fourth-order valence-corrected chi connectivity index (χ4v) is 3.96. The van der Waals surface area contributed by atoms with Crippen LogP contribution < -0.4 is 10.5 Å². The molecule has 0 aliphatic carbocycles. The normalized spacial score (nSPS) is 16.4. The van der Waals surface area contributed by atoms with Gasteiger partial charge in [-0.15, -0.1) is 11.8 Å². The van der Waals surface area contributed by atoms with Crippen molar-refractivity contribution in [2.24, 2.45) is 5.73 Å². The zero-order valence-electron chi connectivity index (χ0n) is 14.6. The third kappa shape index (κ3) is 4.31. The van der Waals surface area contributed by atoms with Crippen molar-refractivity contribution in [2.45, 2.75) is 18.9 Å². The van der Waals surface area contributed by atoms with Gasteiger partial charge in [-0.2, -0.15) is 5.26 Å². The van der Waals surface area contributed by atoms with Gasteiger partial charge in [0.1, 0.15) is 18.4 Å². The number of thioether (sulfide) groups is 1. The lowest BCUT2D eigenvalue weighted by Gasteiger charge is -2.18. The first-order valence-electron chi connectivity index (χ1n) is 8.30. The maximum absolute atomic E-state index is 12.5. The SMILES string of the molecule is N#CC1CSCN1C(=O)Cc1cc(C(N)=O)c2cc(OCC(F)F)ccc2n1. The van der Waals surface area contributed by atoms with E-state index in [1.54, 1.807) is 0 Å². The van der Waals surface area contributed by atoms with Crippen LogP contribution in [0.2, 0.25) is 0 Å². The van der Waals surface area contributed by atoms with Crippen molar-refractivity contribution in [1.29, 1.82) is 5.26 Å². The Labute approximate surface area is 163 Å². The number of carbonyl (C=O) groups excluding carboxylic acids is 2. The van der Waals surface area contributed by atoms with Gasteiger partial charge < -0.3 is 15.4 Å². The molecule has 2 amide bonds. The number of ether oxygens (including phenoxy) is 1. The highest BCUT2D eigenvalue weighted by Gasteiger charge is 2.29. The Morgan fingerprint density at radius 3 is 2.89 bits per heavy atom. The van der Waals surface area contributed by atoms with Gasteiger partial charge in [-0.25, -0.2) is 8.78 Å². The molecule has 10 heteroatoms. The molecule has 2 aromatic rings. The molecule has 0 bridgehead atoms. The maximum Gasteiger partial charge on any atom is 0.272 e. The number of alkyl halides is 2. The van der Waals surface area contributed by atoms with Crippen molar-refractivity contribution in [1.82, 2.24) is 9.88 Å². The smallest absolute Gasteiger partial charge is 0.272 e. The zero-order chi connectivity index (χ0) is 20.3. The topological polar surface area (TPSA) is 109 Å². The number of primary amides is 1. The van der Waals surface area contributed by atoms with Crippen LogP contribution in [0.4, 0.5) is 8.78 Å². The second-order valence-electron chi connectivity index (χ2n) is 6.09. The van der Waals surface area contributed by atoms with Crippen LogP contribution in [0.15, 0.2) is 24.3 Å². The number of nitriles is 1. The summed E-state index contributed by atoms with van der Waals surface area (Å²) in [4.78, 5) is 30.2. The van der Waals surface area contributed by atoms with Crippen molar-refractivity contribution in [3.05, 3.63) is 35.5 Å². The summed E-state index contributed by atoms with van der Waals surface area (Å²) < 4.78 is 29.6. The fraction of sp³-hybridized carbons (Fsp3) is 0.333. The Kier molecular flexibility index (Phi) is 5.94. The molecule has 0 radical (unpaired) electrons. The zero-order valence-corrected chi connectivity index (χ0v) is 15.4. The van der Waals surface area contributed by atoms with E-state index in [1.807, 2.05) is 0 Å². The minimum absolute atomic E-state index is 0.0847. The Hall–Kier alpha value is -2.93. The first kappa shape index (κ1) is 19.8. The number of nitrogens with zero attached hydrogens (tertiary/aromatic N) is 3. The minimum Gasteiger partial charge on any atom is -0.488 e. The molecule has 28 heavy (non-hydrogen) atoms. The molecular formula is C18H16F2N4O3S. The van der Waals surface area contributed by atoms with Crippen LogP contribution in [-0.4, -0.2) is 52.4 Å². The average molecular weight is 406 g/mol. The molecule has 1 aromatic heterocycles. The number of nitrogens with two attached hydrogens (primary N) is 1. The largest absolute Gasteiger partial charge is 0.488 e. The van der Waals surface area contributed by atoms with Gasteiger partial charge in [0, 0.05) is 11.1 Å². The minimum atomic E-state index is -2.63. The number of pyridine rings is 1. The standard InChI is InChI=1S/C18H16F2N4O3S/c19-16(20)7-27-12-1-2-15-13(5-12)14(18(22)26)3-10(23-15)4-17(25)24-9-28-8-11(24)6-21/h1-3,5,11,16H,4,7-9H2,(H2,22,26). The Balaban J connectivity index is 1.90. The molecule has 0 spiro atoms. The second kappa shape index (κ2) is 8.39. The molecule has 1 fully saturated rings. The van der Waals surface area contributed by atoms with E-state index < -0.39 is 25.0 Å². The highest BCUT2D eigenvalue weighted by molar-refractivity contribution is 7.99. The summed E-state index contributed by atoms with van der Waals surface area (Å²) in [6.45, 7) is -0.772. The molecule has 2 N–H and O–H groups in total. The summed E-state index contributed by atoms with van der Waals surface area (Å²) in [5.74, 6) is 0.140. The number of benzene rings is 1. The number of amides is 2. The summed E-state index contributed by atoms with van der Waals surface area (Å²) in [6, 6.07) is 7.40. The van der Waals surface area contributed by atoms with Crippen LogP contribution >= 0.6 is 11.8 Å². The number of fused-ring (bicyclic) bond motifs is 1. The molecule has 1 unspecified atom stereocenters. The molecule has 0 saturated carbocycles. The van der Waals surface area contributed by atoms with Crippen molar-refractivity contribution >= 4 is 34.5 Å². The number of hydrogen-bond donors (Lipinski definition) is 1. The van der Waals surface area contributed by atoms with Crippen LogP contribution in [0.5, 0.6) is 5.75 Å². The summed E-state index contributed by atoms with van der Waals surface area (Å²) in [5, 5.41) is 9.47. The quantitative estimate of drug-likeness (QED) is 0.785. The van der Waals surface area contributed by atoms with E-state index in [0.29, 0.717) is 28.2 Å². The molecule has 3 rings (SSSR count). The first-order chi connectivity index (χ1) is 13.4. The molecular weight excluding hydrogens is 390 g/mol. The van der Waals surface area contributed by atoms with Gasteiger partial charge in [0.25, 0.3) is 6.43 Å². The second-order valence-corrected chi connectivity index (χ2v) is 7.09. The highest BCUT2D eigenvalue weighted by Crippen LogP contribution is 2.26. The highest BCUT2D eigenvalue weighted by atomic mass is 32.2. The fourth-order valence-electron chi connectivity index (χ4n) is 2.86. The van der Waals surface area contributed by atoms with Crippen molar-refractivity contribution in [2.75, 3.05) is 18.2 Å². The van der Waals surface area contributed by atoms with Gasteiger partial charge >= 0.3 is 0 Å². The van der Waals surface area contributed by atoms with E-state index in [-0.39, 0.29) is 23.6 Å². The van der Waals surface area contributed by atoms with Gasteiger partial charge in [0.2, 0.25) is 11.8 Å². The monoisotopic (exact) mass is 406 g/mol. The lowest BCUT2D eigenvalue weighted by molar-refractivity contribution is -0.130. The van der Waals surface area contributed by atoms with Crippen molar-refractivity contribution in [3.63, 3.8) is 0 Å². The third-order valence-electron chi connectivity index (χ3n) is 4.16. The van der Waals surface area contributed by atoms with E-state index in [2.05, 4.69) is 11.1 Å². The van der Waals surface area contributed by atoms with Crippen molar-refractivity contribution < 1.29 is 23.1 Å². The van der Waals surface area contributed by atoms with E-state index >= 15 is 0 Å². The van der Waals surface area contributed by atoms with Gasteiger partial charge in [-0.05, 0) is 24.3 Å². The summed E-state index contributed by atoms with van der Waals surface area (Å²) >= 11 is 1.49. The van der Waals surface area contributed by atoms with Crippen molar-refractivity contribution in [3.8, 4) is 11.8 Å². The Morgan fingerprint density at radius 1 is 1.43 bits per heavy atom. The summed E-state index contributed by atoms with van der Waals surface area (Å²) in [6.07, 6.45) is -2.71. The van der Waals surface area contributed by atoms with Gasteiger partial charge in [0.15, 0.2) is 0 Å². The first-order valence-corrected chi connectivity index (χ1v) is 9.45. The molecule has 7 nitrogen and oxygen atoms in total. The summed E-state index contributed by atoms with van der Waals surface area (Å²) in [5.41, 5.74) is 6.28. The van der Waals surface area contributed by atoms with E-state index in [4.69, 9.17) is 15.7 Å². The molecule has 1 atom stereocenters. The Morgan fingerprint density at radius 2 is 2.21 bits per heavy atom. The van der Waals surface area contributed by atoms with E-state index in [9.17, 15) is 18.4 Å². The molecule has 2 heterocycles. The van der Waals surface area contributed by atoms with Crippen LogP contribution in [0.25, 0.3) is 10.9 Å². The number of halogens is 2. The lowest BCUT2D eigenvalue weighted by atomic mass is 10.1. The van der Waals surface area contributed by atoms with Crippen LogP contribution in [0, 0.1) is 11.3 Å².